The van der Waals surface area contributed by atoms with Crippen molar-refractivity contribution in [3.63, 3.8) is 0 Å². The highest BCUT2D eigenvalue weighted by Crippen LogP contribution is 2.33. The number of aromatic nitrogens is 1. The van der Waals surface area contributed by atoms with E-state index in [2.05, 4.69) is 5.32 Å². The van der Waals surface area contributed by atoms with Crippen LogP contribution in [-0.4, -0.2) is 24.6 Å². The second kappa shape index (κ2) is 7.97. The first-order chi connectivity index (χ1) is 14.4. The van der Waals surface area contributed by atoms with E-state index in [4.69, 9.17) is 11.6 Å². The van der Waals surface area contributed by atoms with E-state index < -0.39 is 21.6 Å². The van der Waals surface area contributed by atoms with Crippen LogP contribution in [0.5, 0.6) is 0 Å². The first kappa shape index (κ1) is 20.2. The van der Waals surface area contributed by atoms with Crippen LogP contribution in [0.15, 0.2) is 83.9 Å². The molecule has 0 atom stereocenters. The van der Waals surface area contributed by atoms with E-state index in [1.54, 1.807) is 47.0 Å². The average molecular weight is 439 g/mol. The normalized spacial score (nSPS) is 11.5. The molecule has 2 aromatic carbocycles. The smallest absolute Gasteiger partial charge is 0.269 e. The summed E-state index contributed by atoms with van der Waals surface area (Å²) in [4.78, 5) is 13.1. The Morgan fingerprint density at radius 2 is 1.67 bits per heavy atom. The third-order valence-corrected chi connectivity index (χ3v) is 6.72. The molecule has 0 aliphatic heterocycles. The number of sulfone groups is 1. The third-order valence-electron chi connectivity index (χ3n) is 4.88. The monoisotopic (exact) mass is 438 g/mol. The molecule has 5 nitrogen and oxygen atoms in total. The summed E-state index contributed by atoms with van der Waals surface area (Å²) in [5.74, 6) is -0.971. The number of hydrogen-bond acceptors (Lipinski definition) is 3. The summed E-state index contributed by atoms with van der Waals surface area (Å²) in [6, 6.07) is 21.2. The fourth-order valence-electron chi connectivity index (χ4n) is 3.30. The third kappa shape index (κ3) is 3.84. The molecule has 0 aliphatic rings. The molecule has 1 amide bonds. The molecular weight excluding hydrogens is 420 g/mol. The SMILES string of the molecule is Cc1ccc(S(=O)(=O)CNC(=O)c2cc(-c3ccccc3Cl)c3ccccn23)cc1. The van der Waals surface area contributed by atoms with E-state index in [1.807, 2.05) is 43.3 Å². The molecule has 0 fully saturated rings. The van der Waals surface area contributed by atoms with Crippen LogP contribution in [0.4, 0.5) is 0 Å². The summed E-state index contributed by atoms with van der Waals surface area (Å²) >= 11 is 6.36. The van der Waals surface area contributed by atoms with Crippen molar-refractivity contribution in [1.29, 1.82) is 0 Å². The van der Waals surface area contributed by atoms with E-state index in [0.29, 0.717) is 10.7 Å². The number of amides is 1. The molecule has 0 spiro atoms. The van der Waals surface area contributed by atoms with Crippen LogP contribution in [0.2, 0.25) is 5.02 Å². The summed E-state index contributed by atoms with van der Waals surface area (Å²) in [6.45, 7) is 1.88. The van der Waals surface area contributed by atoms with Crippen LogP contribution in [0.1, 0.15) is 16.1 Å². The van der Waals surface area contributed by atoms with E-state index in [-0.39, 0.29) is 4.90 Å². The Balaban J connectivity index is 1.66. The lowest BCUT2D eigenvalue weighted by Gasteiger charge is -2.07. The van der Waals surface area contributed by atoms with Crippen molar-refractivity contribution < 1.29 is 13.2 Å². The summed E-state index contributed by atoms with van der Waals surface area (Å²) in [5.41, 5.74) is 3.70. The molecule has 30 heavy (non-hydrogen) atoms. The van der Waals surface area contributed by atoms with Crippen LogP contribution in [0, 0.1) is 6.92 Å². The maximum Gasteiger partial charge on any atom is 0.269 e. The Labute approximate surface area is 179 Å². The van der Waals surface area contributed by atoms with Gasteiger partial charge in [-0.2, -0.15) is 0 Å². The van der Waals surface area contributed by atoms with Gasteiger partial charge in [0.05, 0.1) is 10.4 Å². The molecule has 0 saturated carbocycles. The van der Waals surface area contributed by atoms with Crippen LogP contribution in [-0.2, 0) is 9.84 Å². The number of hydrogen-bond donors (Lipinski definition) is 1. The van der Waals surface area contributed by atoms with Crippen molar-refractivity contribution in [3.8, 4) is 11.1 Å². The quantitative estimate of drug-likeness (QED) is 0.489. The average Bonchev–Trinajstić information content (AvgIpc) is 3.12. The van der Waals surface area contributed by atoms with E-state index >= 15 is 0 Å². The highest BCUT2D eigenvalue weighted by molar-refractivity contribution is 7.91. The lowest BCUT2D eigenvalue weighted by molar-refractivity contribution is 0.0954. The number of pyridine rings is 1. The molecule has 4 aromatic rings. The van der Waals surface area contributed by atoms with Crippen molar-refractivity contribution in [1.82, 2.24) is 9.72 Å². The van der Waals surface area contributed by atoms with E-state index in [9.17, 15) is 13.2 Å². The minimum absolute atomic E-state index is 0.171. The molecule has 152 valence electrons. The van der Waals surface area contributed by atoms with Gasteiger partial charge in [0.15, 0.2) is 9.84 Å². The van der Waals surface area contributed by atoms with Crippen molar-refractivity contribution >= 4 is 32.9 Å². The van der Waals surface area contributed by atoms with E-state index in [1.165, 1.54) is 0 Å². The Morgan fingerprint density at radius 1 is 0.967 bits per heavy atom. The van der Waals surface area contributed by atoms with Gasteiger partial charge in [0.1, 0.15) is 11.6 Å². The first-order valence-electron chi connectivity index (χ1n) is 9.29. The first-order valence-corrected chi connectivity index (χ1v) is 11.3. The van der Waals surface area contributed by atoms with Crippen LogP contribution in [0.25, 0.3) is 16.6 Å². The lowest BCUT2D eigenvalue weighted by Crippen LogP contribution is -2.30. The lowest BCUT2D eigenvalue weighted by atomic mass is 10.1. The standard InChI is InChI=1S/C23H19ClN2O3S/c1-16-9-11-17(12-10-16)30(28,29)15-25-23(27)22-14-19(18-6-2-3-7-20(18)24)21-8-4-5-13-26(21)22/h2-14H,15H2,1H3,(H,25,27). The maximum atomic E-state index is 12.9. The predicted octanol–water partition coefficient (Wildman–Crippen LogP) is 4.73. The summed E-state index contributed by atoms with van der Waals surface area (Å²) in [7, 11) is -3.65. The Kier molecular flexibility index (Phi) is 5.37. The van der Waals surface area contributed by atoms with Crippen LogP contribution >= 0.6 is 11.6 Å². The molecule has 4 rings (SSSR count). The zero-order valence-corrected chi connectivity index (χ0v) is 17.7. The van der Waals surface area contributed by atoms with Gasteiger partial charge in [-0.25, -0.2) is 8.42 Å². The summed E-state index contributed by atoms with van der Waals surface area (Å²) in [5, 5.41) is 3.12. The molecular formula is C23H19ClN2O3S. The number of nitrogens with zero attached hydrogens (tertiary/aromatic N) is 1. The highest BCUT2D eigenvalue weighted by atomic mass is 35.5. The molecule has 2 heterocycles. The summed E-state index contributed by atoms with van der Waals surface area (Å²) in [6.07, 6.45) is 1.76. The zero-order chi connectivity index (χ0) is 21.3. The van der Waals surface area contributed by atoms with Gasteiger partial charge in [-0.1, -0.05) is 53.6 Å². The fraction of sp³-hybridized carbons (Fsp3) is 0.0870. The number of carbonyl (C=O) groups is 1. The molecule has 7 heteroatoms. The number of nitrogens with one attached hydrogen (secondary N) is 1. The van der Waals surface area contributed by atoms with Crippen molar-refractivity contribution in [2.45, 2.75) is 11.8 Å². The molecule has 0 unspecified atom stereocenters. The number of carbonyl (C=O) groups excluding carboxylic acids is 1. The highest BCUT2D eigenvalue weighted by Gasteiger charge is 2.20. The van der Waals surface area contributed by atoms with Gasteiger partial charge < -0.3 is 9.72 Å². The van der Waals surface area contributed by atoms with Gasteiger partial charge in [-0.3, -0.25) is 4.79 Å². The molecule has 2 aromatic heterocycles. The number of benzene rings is 2. The minimum atomic E-state index is -3.65. The van der Waals surface area contributed by atoms with Crippen molar-refractivity contribution in [3.05, 3.63) is 95.3 Å². The van der Waals surface area contributed by atoms with Crippen molar-refractivity contribution in [2.24, 2.45) is 0 Å². The summed E-state index contributed by atoms with van der Waals surface area (Å²) < 4.78 is 26.9. The largest absolute Gasteiger partial charge is 0.336 e. The zero-order valence-electron chi connectivity index (χ0n) is 16.2. The molecule has 0 saturated heterocycles. The van der Waals surface area contributed by atoms with Crippen LogP contribution in [0.3, 0.4) is 0 Å². The van der Waals surface area contributed by atoms with Gasteiger partial charge in [0.25, 0.3) is 5.91 Å². The number of halogens is 1. The van der Waals surface area contributed by atoms with Crippen LogP contribution < -0.4 is 5.32 Å². The molecule has 0 aliphatic carbocycles. The molecule has 0 radical (unpaired) electrons. The van der Waals surface area contributed by atoms with Gasteiger partial charge in [0.2, 0.25) is 0 Å². The van der Waals surface area contributed by atoms with E-state index in [0.717, 1.165) is 22.2 Å². The number of rotatable bonds is 5. The Morgan fingerprint density at radius 3 is 2.40 bits per heavy atom. The molecule has 1 N–H and O–H groups in total. The molecule has 0 bridgehead atoms. The second-order valence-corrected chi connectivity index (χ2v) is 9.35. The van der Waals surface area contributed by atoms with Gasteiger partial charge in [-0.05, 0) is 43.3 Å². The van der Waals surface area contributed by atoms with Gasteiger partial charge in [-0.15, -0.1) is 0 Å². The Hall–Kier alpha value is -3.09. The fourth-order valence-corrected chi connectivity index (χ4v) is 4.58. The predicted molar refractivity (Wildman–Crippen MR) is 119 cm³/mol. The maximum absolute atomic E-state index is 12.9. The van der Waals surface area contributed by atoms with Crippen molar-refractivity contribution in [2.75, 3.05) is 5.88 Å². The number of fused-ring (bicyclic) bond motifs is 1. The van der Waals surface area contributed by atoms with Gasteiger partial charge in [0, 0.05) is 22.3 Å². The minimum Gasteiger partial charge on any atom is -0.336 e. The van der Waals surface area contributed by atoms with Gasteiger partial charge >= 0.3 is 0 Å². The number of aryl methyl sites for hydroxylation is 1. The Bertz CT molecular complexity index is 1340. The second-order valence-electron chi connectivity index (χ2n) is 6.96. The topological polar surface area (TPSA) is 67.7 Å².